The van der Waals surface area contributed by atoms with Crippen molar-refractivity contribution < 1.29 is 9.53 Å². The van der Waals surface area contributed by atoms with Gasteiger partial charge in [0.05, 0.1) is 21.9 Å². The topological polar surface area (TPSA) is 59.2 Å². The molecule has 132 valence electrons. The molecule has 2 aromatic carbocycles. The summed E-state index contributed by atoms with van der Waals surface area (Å²) in [5.41, 5.74) is 0.666. The molecule has 0 aliphatic rings. The summed E-state index contributed by atoms with van der Waals surface area (Å²) in [6, 6.07) is 12.0. The van der Waals surface area contributed by atoms with Gasteiger partial charge in [0.25, 0.3) is 5.56 Å². The predicted molar refractivity (Wildman–Crippen MR) is 106 cm³/mol. The molecular formula is C19H13Cl2NO3S. The second-order valence-electron chi connectivity index (χ2n) is 5.27. The highest BCUT2D eigenvalue weighted by atomic mass is 35.5. The molecule has 7 heteroatoms. The molecule has 1 heterocycles. The highest BCUT2D eigenvalue weighted by molar-refractivity contribution is 7.07. The summed E-state index contributed by atoms with van der Waals surface area (Å²) >= 11 is 13.4. The molecule has 26 heavy (non-hydrogen) atoms. The minimum atomic E-state index is -0.315. The van der Waals surface area contributed by atoms with Crippen molar-refractivity contribution in [2.45, 2.75) is 0 Å². The highest BCUT2D eigenvalue weighted by Crippen LogP contribution is 2.24. The van der Waals surface area contributed by atoms with Crippen LogP contribution >= 0.6 is 34.5 Å². The van der Waals surface area contributed by atoms with Crippen LogP contribution in [0.3, 0.4) is 0 Å². The van der Waals surface area contributed by atoms with E-state index in [9.17, 15) is 9.59 Å². The van der Waals surface area contributed by atoms with E-state index in [1.54, 1.807) is 48.5 Å². The first-order chi connectivity index (χ1) is 12.5. The van der Waals surface area contributed by atoms with Gasteiger partial charge in [0.1, 0.15) is 5.75 Å². The van der Waals surface area contributed by atoms with Crippen LogP contribution in [-0.4, -0.2) is 17.9 Å². The molecule has 0 atom stereocenters. The van der Waals surface area contributed by atoms with Gasteiger partial charge in [-0.25, -0.2) is 0 Å². The first-order valence-electron chi connectivity index (χ1n) is 7.53. The maximum Gasteiger partial charge on any atom is 0.266 e. The SMILES string of the molecule is COc1ccccc1C(=O)/C=c1\[nH]c(=O)/c(=C\c2c(Cl)cccc2Cl)s1. The van der Waals surface area contributed by atoms with Gasteiger partial charge < -0.3 is 9.72 Å². The summed E-state index contributed by atoms with van der Waals surface area (Å²) in [6.07, 6.45) is 2.98. The number of Topliss-reactive ketones (excluding diaryl/α,β-unsaturated/α-hetero) is 1. The maximum atomic E-state index is 12.5. The number of ketones is 1. The Hall–Kier alpha value is -2.34. The van der Waals surface area contributed by atoms with E-state index < -0.39 is 0 Å². The molecule has 0 unspecified atom stereocenters. The van der Waals surface area contributed by atoms with Crippen molar-refractivity contribution in [3.63, 3.8) is 0 Å². The fourth-order valence-electron chi connectivity index (χ4n) is 2.35. The Bertz CT molecular complexity index is 1130. The molecule has 0 radical (unpaired) electrons. The summed E-state index contributed by atoms with van der Waals surface area (Å²) < 4.78 is 6.03. The standard InChI is InChI=1S/C19H13Cl2NO3S/c1-25-16-8-3-2-5-11(16)15(23)10-18-22-19(24)17(26-18)9-12-13(20)6-4-7-14(12)21/h2-10H,1H3,(H,22,24)/b17-9+,18-10+. The van der Waals surface area contributed by atoms with Gasteiger partial charge in [-0.2, -0.15) is 0 Å². The number of benzene rings is 2. The molecule has 0 bridgehead atoms. The van der Waals surface area contributed by atoms with Gasteiger partial charge in [0.15, 0.2) is 5.78 Å². The lowest BCUT2D eigenvalue weighted by Crippen LogP contribution is -2.20. The number of rotatable bonds is 4. The van der Waals surface area contributed by atoms with Crippen LogP contribution in [0.15, 0.2) is 47.3 Å². The summed E-state index contributed by atoms with van der Waals surface area (Å²) in [6.45, 7) is 0. The normalized spacial score (nSPS) is 12.4. The van der Waals surface area contributed by atoms with E-state index in [1.807, 2.05) is 0 Å². The molecule has 3 aromatic rings. The number of nitrogens with one attached hydrogen (secondary N) is 1. The van der Waals surface area contributed by atoms with Gasteiger partial charge in [0.2, 0.25) is 0 Å². The molecule has 0 saturated carbocycles. The largest absolute Gasteiger partial charge is 0.496 e. The monoisotopic (exact) mass is 405 g/mol. The van der Waals surface area contributed by atoms with Crippen LogP contribution < -0.4 is 19.5 Å². The zero-order chi connectivity index (χ0) is 18.7. The van der Waals surface area contributed by atoms with Crippen LogP contribution in [0.2, 0.25) is 10.0 Å². The third kappa shape index (κ3) is 3.90. The summed E-state index contributed by atoms with van der Waals surface area (Å²) in [4.78, 5) is 27.3. The van der Waals surface area contributed by atoms with Crippen molar-refractivity contribution in [1.29, 1.82) is 0 Å². The zero-order valence-electron chi connectivity index (χ0n) is 13.6. The fraction of sp³-hybridized carbons (Fsp3) is 0.0526. The number of carbonyl (C=O) groups is 1. The number of methoxy groups -OCH3 is 1. The number of hydrogen-bond acceptors (Lipinski definition) is 4. The Morgan fingerprint density at radius 3 is 2.50 bits per heavy atom. The van der Waals surface area contributed by atoms with Crippen LogP contribution in [0.4, 0.5) is 0 Å². The van der Waals surface area contributed by atoms with Gasteiger partial charge in [-0.05, 0) is 30.3 Å². The number of carbonyl (C=O) groups excluding carboxylic acids is 1. The molecule has 1 N–H and O–H groups in total. The van der Waals surface area contributed by atoms with E-state index in [0.717, 1.165) is 11.3 Å². The number of para-hydroxylation sites is 1. The van der Waals surface area contributed by atoms with Crippen LogP contribution in [-0.2, 0) is 0 Å². The third-order valence-corrected chi connectivity index (χ3v) is 5.21. The van der Waals surface area contributed by atoms with Crippen molar-refractivity contribution in [3.05, 3.63) is 83.2 Å². The van der Waals surface area contributed by atoms with Crippen molar-refractivity contribution in [2.24, 2.45) is 0 Å². The molecule has 3 rings (SSSR count). The molecule has 1 aromatic heterocycles. The van der Waals surface area contributed by atoms with E-state index in [4.69, 9.17) is 27.9 Å². The fourth-order valence-corrected chi connectivity index (χ4v) is 3.72. The van der Waals surface area contributed by atoms with Gasteiger partial charge >= 0.3 is 0 Å². The van der Waals surface area contributed by atoms with E-state index in [2.05, 4.69) is 4.98 Å². The Balaban J connectivity index is 2.06. The van der Waals surface area contributed by atoms with E-state index in [1.165, 1.54) is 13.2 Å². The maximum absolute atomic E-state index is 12.5. The van der Waals surface area contributed by atoms with E-state index >= 15 is 0 Å². The molecular weight excluding hydrogens is 393 g/mol. The zero-order valence-corrected chi connectivity index (χ0v) is 15.9. The minimum Gasteiger partial charge on any atom is -0.496 e. The van der Waals surface area contributed by atoms with Crippen LogP contribution in [0.1, 0.15) is 15.9 Å². The number of ether oxygens (including phenoxy) is 1. The molecule has 0 fully saturated rings. The molecule has 0 aliphatic carbocycles. The molecule has 4 nitrogen and oxygen atoms in total. The molecule has 0 saturated heterocycles. The van der Waals surface area contributed by atoms with Gasteiger partial charge in [-0.3, -0.25) is 9.59 Å². The summed E-state index contributed by atoms with van der Waals surface area (Å²) in [7, 11) is 1.50. The van der Waals surface area contributed by atoms with Crippen LogP contribution in [0.25, 0.3) is 12.2 Å². The van der Waals surface area contributed by atoms with Crippen molar-refractivity contribution >= 4 is 52.5 Å². The average molecular weight is 406 g/mol. The summed E-state index contributed by atoms with van der Waals surface area (Å²) in [5, 5.41) is 0.891. The van der Waals surface area contributed by atoms with Crippen LogP contribution in [0, 0.1) is 0 Å². The van der Waals surface area contributed by atoms with Gasteiger partial charge in [-0.15, -0.1) is 11.3 Å². The number of halogens is 2. The number of aromatic amines is 1. The van der Waals surface area contributed by atoms with Crippen molar-refractivity contribution in [3.8, 4) is 5.75 Å². The lowest BCUT2D eigenvalue weighted by Gasteiger charge is -2.03. The molecule has 0 amide bonds. The quantitative estimate of drug-likeness (QED) is 0.677. The van der Waals surface area contributed by atoms with Gasteiger partial charge in [0, 0.05) is 21.7 Å². The molecule has 0 spiro atoms. The Morgan fingerprint density at radius 2 is 1.81 bits per heavy atom. The minimum absolute atomic E-state index is 0.262. The Labute approximate surface area is 163 Å². The third-order valence-electron chi connectivity index (χ3n) is 3.59. The lowest BCUT2D eigenvalue weighted by molar-refractivity contribution is 0.105. The summed E-state index contributed by atoms with van der Waals surface area (Å²) in [5.74, 6) is 0.213. The van der Waals surface area contributed by atoms with Crippen molar-refractivity contribution in [1.82, 2.24) is 4.98 Å². The predicted octanol–water partition coefficient (Wildman–Crippen LogP) is 3.24. The Morgan fingerprint density at radius 1 is 1.12 bits per heavy atom. The second-order valence-corrected chi connectivity index (χ2v) is 7.17. The molecule has 0 aliphatic heterocycles. The number of aromatic nitrogens is 1. The highest BCUT2D eigenvalue weighted by Gasteiger charge is 2.09. The number of thiazole rings is 1. The second kappa shape index (κ2) is 7.91. The smallest absolute Gasteiger partial charge is 0.266 e. The van der Waals surface area contributed by atoms with Gasteiger partial charge in [-0.1, -0.05) is 41.4 Å². The number of hydrogen-bond donors (Lipinski definition) is 1. The average Bonchev–Trinajstić information content (AvgIpc) is 2.97. The van der Waals surface area contributed by atoms with Crippen LogP contribution in [0.5, 0.6) is 5.75 Å². The van der Waals surface area contributed by atoms with Crippen molar-refractivity contribution in [2.75, 3.05) is 7.11 Å². The van der Waals surface area contributed by atoms with E-state index in [-0.39, 0.29) is 11.3 Å². The first kappa shape index (κ1) is 18.5. The first-order valence-corrected chi connectivity index (χ1v) is 9.11. The Kier molecular flexibility index (Phi) is 5.61. The lowest BCUT2D eigenvalue weighted by atomic mass is 10.1. The van der Waals surface area contributed by atoms with E-state index in [0.29, 0.717) is 36.1 Å². The number of H-pyrrole nitrogens is 1.